The summed E-state index contributed by atoms with van der Waals surface area (Å²) in [4.78, 5) is 10.5. The number of nitrogens with two attached hydrogens (primary N) is 1. The number of unbranched alkanes of at least 4 members (excludes halogenated alkanes) is 14. The normalized spacial score (nSPS) is 9.84. The number of ether oxygens (including phenoxy) is 1. The van der Waals surface area contributed by atoms with Crippen molar-refractivity contribution in [3.05, 3.63) is 0 Å². The molecule has 3 N–H and O–H groups in total. The molecule has 0 spiro atoms. The Morgan fingerprint density at radius 3 is 1.16 bits per heavy atom. The smallest absolute Gasteiger partial charge is 0.217 e. The maximum absolute atomic E-state index is 10.5. The number of hydroxylamine groups is 2. The zero-order valence-corrected chi connectivity index (χ0v) is 39.2. The van der Waals surface area contributed by atoms with Gasteiger partial charge in [-0.2, -0.15) is 5.06 Å². The van der Waals surface area contributed by atoms with Crippen LogP contribution in [0.2, 0.25) is 0 Å². The van der Waals surface area contributed by atoms with Gasteiger partial charge in [-0.25, -0.2) is 0 Å². The first kappa shape index (κ1) is 68.4. The van der Waals surface area contributed by atoms with Crippen LogP contribution in [0.5, 0.6) is 0 Å². The minimum atomic E-state index is -0.157. The van der Waals surface area contributed by atoms with Gasteiger partial charge in [-0.3, -0.25) is 4.79 Å². The van der Waals surface area contributed by atoms with Crippen molar-refractivity contribution in [2.45, 2.75) is 264 Å². The molecule has 0 aliphatic heterocycles. The maximum atomic E-state index is 10.5. The van der Waals surface area contributed by atoms with Gasteiger partial charge in [-0.1, -0.05) is 239 Å². The van der Waals surface area contributed by atoms with Crippen LogP contribution in [0.3, 0.4) is 0 Å². The molecule has 0 aromatic heterocycles. The first-order valence-electron chi connectivity index (χ1n) is 22.8. The molecule has 0 heterocycles. The molecule has 0 aromatic rings. The minimum Gasteiger partial charge on any atom is -0.381 e. The van der Waals surface area contributed by atoms with Gasteiger partial charge in [0, 0.05) is 33.2 Å². The van der Waals surface area contributed by atoms with E-state index in [2.05, 4.69) is 90.0 Å². The minimum absolute atomic E-state index is 0.157. The second kappa shape index (κ2) is 82.7. The Bertz CT molecular complexity index is 450. The third kappa shape index (κ3) is 138. The van der Waals surface area contributed by atoms with Gasteiger partial charge in [0.2, 0.25) is 5.91 Å². The molecule has 320 valence electrons. The summed E-state index contributed by atoms with van der Waals surface area (Å²) >= 11 is 0. The van der Waals surface area contributed by atoms with E-state index in [4.69, 9.17) is 15.7 Å². The van der Waals surface area contributed by atoms with E-state index in [9.17, 15) is 4.79 Å². The number of rotatable bonds is 25. The van der Waals surface area contributed by atoms with Crippen LogP contribution in [0.25, 0.3) is 0 Å². The predicted octanol–water partition coefficient (Wildman–Crippen LogP) is 16.4. The summed E-state index contributed by atoms with van der Waals surface area (Å²) in [5.74, 6) is 0.628. The van der Waals surface area contributed by atoms with E-state index in [0.29, 0.717) is 13.0 Å². The molecule has 0 saturated heterocycles. The van der Waals surface area contributed by atoms with Gasteiger partial charge in [-0.15, -0.1) is 0 Å². The molecule has 0 bridgehead atoms. The summed E-state index contributed by atoms with van der Waals surface area (Å²) in [6.45, 7) is 34.4. The molecule has 5 nitrogen and oxygen atoms in total. The molecular formula is C46H108N2O3. The number of amides is 1. The molecule has 51 heavy (non-hydrogen) atoms. The predicted molar refractivity (Wildman–Crippen MR) is 238 cm³/mol. The highest BCUT2D eigenvalue weighted by Gasteiger charge is 2.02. The van der Waals surface area contributed by atoms with Gasteiger partial charge in [0.25, 0.3) is 0 Å². The topological polar surface area (TPSA) is 75.8 Å². The number of hydrogen-bond donors (Lipinski definition) is 2. The lowest BCUT2D eigenvalue weighted by Gasteiger charge is -2.12. The third-order valence-corrected chi connectivity index (χ3v) is 6.35. The monoisotopic (exact) mass is 737 g/mol. The molecule has 1 amide bonds. The summed E-state index contributed by atoms with van der Waals surface area (Å²) in [6.07, 6.45) is 31.5. The lowest BCUT2D eigenvalue weighted by molar-refractivity contribution is -0.118. The van der Waals surface area contributed by atoms with Crippen LogP contribution < -0.4 is 5.73 Å². The van der Waals surface area contributed by atoms with E-state index in [-0.39, 0.29) is 5.91 Å². The van der Waals surface area contributed by atoms with Crippen LogP contribution in [-0.2, 0) is 9.53 Å². The zero-order chi connectivity index (χ0) is 41.2. The Kier molecular flexibility index (Phi) is 111. The molecule has 0 aliphatic carbocycles. The summed E-state index contributed by atoms with van der Waals surface area (Å²) in [5, 5.41) is 10.1. The standard InChI is InChI=1S/C15H33NO2.C14H29NO.5C3H8.C2H6/c1-4-5-6-7-8-10-15(2)11-14-18-13-9-12-16(3)17;1-2-3-4-5-6-7-8-9-10-11-12-13-14(15)16;5*1-3-2;1-2/h15,17H,4-14H2,1-3H3;2-13H2,1H3,(H2,15,16);5*3H2,1-2H3;1-2H3. The van der Waals surface area contributed by atoms with Crippen LogP contribution in [-0.4, -0.2) is 43.0 Å². The average Bonchev–Trinajstić information content (AvgIpc) is 3.08. The van der Waals surface area contributed by atoms with Crippen LogP contribution in [0.15, 0.2) is 0 Å². The number of hydrogen-bond acceptors (Lipinski definition) is 4. The number of primary amides is 1. The molecule has 5 heteroatoms. The fourth-order valence-electron chi connectivity index (χ4n) is 3.99. The number of carbonyl (C=O) groups is 1. The quantitative estimate of drug-likeness (QED) is 0.0723. The Morgan fingerprint density at radius 2 is 0.843 bits per heavy atom. The molecule has 0 radical (unpaired) electrons. The van der Waals surface area contributed by atoms with Crippen LogP contribution in [0.4, 0.5) is 0 Å². The number of carbonyl (C=O) groups excluding carboxylic acids is 1. The van der Waals surface area contributed by atoms with Crippen molar-refractivity contribution in [2.24, 2.45) is 11.7 Å². The van der Waals surface area contributed by atoms with Gasteiger partial charge in [0.05, 0.1) is 0 Å². The van der Waals surface area contributed by atoms with Gasteiger partial charge in [-0.05, 0) is 25.2 Å². The first-order chi connectivity index (χ1) is 24.5. The fourth-order valence-corrected chi connectivity index (χ4v) is 3.99. The van der Waals surface area contributed by atoms with Gasteiger partial charge < -0.3 is 15.7 Å². The third-order valence-electron chi connectivity index (χ3n) is 6.35. The second-order valence-corrected chi connectivity index (χ2v) is 13.7. The SMILES string of the molecule is CC.CCC.CCC.CCC.CCC.CCC.CCCCCCCC(C)CCOCCCN(C)O.CCCCCCCCCCCCCC(N)=O. The molecule has 0 aliphatic rings. The van der Waals surface area contributed by atoms with Crippen molar-refractivity contribution in [3.63, 3.8) is 0 Å². The lowest BCUT2D eigenvalue weighted by atomic mass is 10.00. The Hall–Kier alpha value is -0.650. The molecule has 1 unspecified atom stereocenters. The highest BCUT2D eigenvalue weighted by atomic mass is 16.5. The Balaban J connectivity index is -0.0000000840. The van der Waals surface area contributed by atoms with Gasteiger partial charge in [0.1, 0.15) is 0 Å². The maximum Gasteiger partial charge on any atom is 0.217 e. The van der Waals surface area contributed by atoms with Crippen LogP contribution in [0.1, 0.15) is 264 Å². The van der Waals surface area contributed by atoms with E-state index in [1.54, 1.807) is 7.05 Å². The molecule has 0 aromatic carbocycles. The van der Waals surface area contributed by atoms with E-state index >= 15 is 0 Å². The van der Waals surface area contributed by atoms with E-state index in [1.165, 1.54) is 146 Å². The van der Waals surface area contributed by atoms with Crippen LogP contribution >= 0.6 is 0 Å². The van der Waals surface area contributed by atoms with E-state index in [1.807, 2.05) is 13.8 Å². The largest absolute Gasteiger partial charge is 0.381 e. The fraction of sp³-hybridized carbons (Fsp3) is 0.978. The Labute approximate surface area is 327 Å². The Morgan fingerprint density at radius 1 is 0.529 bits per heavy atom. The summed E-state index contributed by atoms with van der Waals surface area (Å²) in [5.41, 5.74) is 5.07. The average molecular weight is 737 g/mol. The van der Waals surface area contributed by atoms with E-state index < -0.39 is 0 Å². The highest BCUT2D eigenvalue weighted by molar-refractivity contribution is 5.73. The second-order valence-electron chi connectivity index (χ2n) is 13.7. The zero-order valence-electron chi connectivity index (χ0n) is 39.2. The van der Waals surface area contributed by atoms with Crippen molar-refractivity contribution in [1.29, 1.82) is 0 Å². The van der Waals surface area contributed by atoms with Crippen molar-refractivity contribution in [2.75, 3.05) is 26.8 Å². The van der Waals surface area contributed by atoms with Crippen molar-refractivity contribution in [3.8, 4) is 0 Å². The molecule has 0 rings (SSSR count). The summed E-state index contributed by atoms with van der Waals surface area (Å²) < 4.78 is 5.56. The lowest BCUT2D eigenvalue weighted by Crippen LogP contribution is -2.16. The van der Waals surface area contributed by atoms with Crippen molar-refractivity contribution in [1.82, 2.24) is 5.06 Å². The first-order valence-corrected chi connectivity index (χ1v) is 22.8. The van der Waals surface area contributed by atoms with Crippen molar-refractivity contribution < 1.29 is 14.7 Å². The summed E-state index contributed by atoms with van der Waals surface area (Å²) in [6, 6.07) is 0. The molecule has 0 saturated carbocycles. The molecular weight excluding hydrogens is 629 g/mol. The van der Waals surface area contributed by atoms with Crippen molar-refractivity contribution >= 4 is 5.91 Å². The molecule has 0 fully saturated rings. The molecule has 1 atom stereocenters. The number of nitrogens with zero attached hydrogens (tertiary/aromatic N) is 1. The van der Waals surface area contributed by atoms with Crippen LogP contribution in [0, 0.1) is 5.92 Å². The summed E-state index contributed by atoms with van der Waals surface area (Å²) in [7, 11) is 1.67. The van der Waals surface area contributed by atoms with E-state index in [0.717, 1.165) is 32.0 Å². The van der Waals surface area contributed by atoms with Gasteiger partial charge in [0.15, 0.2) is 0 Å². The highest BCUT2D eigenvalue weighted by Crippen LogP contribution is 2.14. The van der Waals surface area contributed by atoms with Gasteiger partial charge >= 0.3 is 0 Å².